The summed E-state index contributed by atoms with van der Waals surface area (Å²) in [6.07, 6.45) is 4.30. The third kappa shape index (κ3) is 5.11. The van der Waals surface area contributed by atoms with Crippen LogP contribution >= 0.6 is 15.9 Å². The normalized spacial score (nSPS) is 17.6. The molecule has 1 aliphatic heterocycles. The first-order valence-electron chi connectivity index (χ1n) is 13.9. The minimum Gasteiger partial charge on any atom is -0.363 e. The molecule has 0 atom stereocenters. The predicted octanol–water partition coefficient (Wildman–Crippen LogP) is 7.38. The molecule has 4 aromatic rings. The van der Waals surface area contributed by atoms with Crippen LogP contribution in [-0.2, 0) is 5.41 Å². The van der Waals surface area contributed by atoms with Gasteiger partial charge in [-0.05, 0) is 80.5 Å². The molecule has 0 unspecified atom stereocenters. The number of nitrogens with zero attached hydrogens (tertiary/aromatic N) is 6. The molecule has 8 heteroatoms. The lowest BCUT2D eigenvalue weighted by Crippen LogP contribution is -2.60. The Morgan fingerprint density at radius 1 is 1.00 bits per heavy atom. The maximum Gasteiger partial charge on any atom is 0.229 e. The van der Waals surface area contributed by atoms with Crippen molar-refractivity contribution in [1.82, 2.24) is 19.5 Å². The second kappa shape index (κ2) is 9.51. The summed E-state index contributed by atoms with van der Waals surface area (Å²) in [6, 6.07) is 15.8. The first-order valence-corrected chi connectivity index (χ1v) is 14.7. The van der Waals surface area contributed by atoms with E-state index < -0.39 is 0 Å². The van der Waals surface area contributed by atoms with Crippen LogP contribution in [-0.4, -0.2) is 44.7 Å². The average molecular weight is 589 g/mol. The fraction of sp³-hybridized carbons (Fsp3) is 0.452. The first-order chi connectivity index (χ1) is 18.5. The van der Waals surface area contributed by atoms with Gasteiger partial charge in [0.25, 0.3) is 0 Å². The third-order valence-electron chi connectivity index (χ3n) is 8.04. The summed E-state index contributed by atoms with van der Waals surface area (Å²) in [4.78, 5) is 19.7. The maximum atomic E-state index is 5.19. The Hall–Kier alpha value is -3.13. The van der Waals surface area contributed by atoms with Gasteiger partial charge in [0, 0.05) is 41.5 Å². The van der Waals surface area contributed by atoms with Gasteiger partial charge >= 0.3 is 0 Å². The summed E-state index contributed by atoms with van der Waals surface area (Å²) in [5, 5.41) is 3.72. The molecular formula is C31H38BrN7. The molecule has 6 rings (SSSR count). The van der Waals surface area contributed by atoms with E-state index in [4.69, 9.17) is 15.0 Å². The molecule has 3 heterocycles. The second-order valence-electron chi connectivity index (χ2n) is 12.7. The Bertz CT molecular complexity index is 1510. The van der Waals surface area contributed by atoms with Crippen LogP contribution in [0.1, 0.15) is 64.6 Å². The number of fused-ring (bicyclic) bond motifs is 1. The Morgan fingerprint density at radius 3 is 2.41 bits per heavy atom. The Balaban J connectivity index is 1.37. The van der Waals surface area contributed by atoms with E-state index >= 15 is 0 Å². The van der Waals surface area contributed by atoms with E-state index in [2.05, 4.69) is 120 Å². The summed E-state index contributed by atoms with van der Waals surface area (Å²) in [6.45, 7) is 16.0. The average Bonchev–Trinajstić information content (AvgIpc) is 3.63. The van der Waals surface area contributed by atoms with Gasteiger partial charge in [0.2, 0.25) is 5.95 Å². The summed E-state index contributed by atoms with van der Waals surface area (Å²) in [5.74, 6) is 1.57. The van der Waals surface area contributed by atoms with Crippen molar-refractivity contribution in [3.05, 3.63) is 64.4 Å². The second-order valence-corrected chi connectivity index (χ2v) is 13.6. The van der Waals surface area contributed by atoms with Crippen molar-refractivity contribution in [2.75, 3.05) is 34.8 Å². The van der Waals surface area contributed by atoms with Gasteiger partial charge < -0.3 is 19.7 Å². The standard InChI is InChI=1S/C31H38BrN7/c1-20-7-8-21(30(2,3)4)17-25(20)34-28-26-27(33-19-38(26)23-13-14-23)35-29(36-28)37-15-16-39(31(5,6)18-37)24-11-9-22(32)10-12-24/h7-12,17,19,23H,13-16,18H2,1-6H3,(H,34,35,36). The number of anilines is 4. The molecule has 2 aromatic heterocycles. The molecule has 2 aromatic carbocycles. The smallest absolute Gasteiger partial charge is 0.229 e. The first kappa shape index (κ1) is 26.1. The molecule has 0 amide bonds. The van der Waals surface area contributed by atoms with Gasteiger partial charge in [-0.1, -0.05) is 48.8 Å². The zero-order chi connectivity index (χ0) is 27.5. The molecule has 7 nitrogen and oxygen atoms in total. The lowest BCUT2D eigenvalue weighted by Gasteiger charge is -2.48. The minimum atomic E-state index is -0.0943. The molecule has 0 spiro atoms. The van der Waals surface area contributed by atoms with Gasteiger partial charge in [-0.15, -0.1) is 0 Å². The highest BCUT2D eigenvalue weighted by atomic mass is 79.9. The summed E-state index contributed by atoms with van der Waals surface area (Å²) < 4.78 is 3.36. The molecule has 1 N–H and O–H groups in total. The number of halogens is 1. The van der Waals surface area contributed by atoms with E-state index in [9.17, 15) is 0 Å². The zero-order valence-electron chi connectivity index (χ0n) is 23.8. The molecule has 1 aliphatic carbocycles. The van der Waals surface area contributed by atoms with E-state index in [1.807, 2.05) is 6.33 Å². The van der Waals surface area contributed by atoms with Crippen LogP contribution in [0, 0.1) is 6.92 Å². The number of aryl methyl sites for hydroxylation is 1. The van der Waals surface area contributed by atoms with Gasteiger partial charge in [0.05, 0.1) is 11.9 Å². The molecule has 2 fully saturated rings. The number of rotatable bonds is 5. The Morgan fingerprint density at radius 2 is 1.74 bits per heavy atom. The van der Waals surface area contributed by atoms with Crippen LogP contribution in [0.3, 0.4) is 0 Å². The third-order valence-corrected chi connectivity index (χ3v) is 8.57. The number of piperazine rings is 1. The summed E-state index contributed by atoms with van der Waals surface area (Å²) >= 11 is 3.56. The van der Waals surface area contributed by atoms with Gasteiger partial charge in [0.15, 0.2) is 11.5 Å². The minimum absolute atomic E-state index is 0.0617. The molecule has 1 saturated carbocycles. The number of benzene rings is 2. The summed E-state index contributed by atoms with van der Waals surface area (Å²) in [5.41, 5.74) is 6.52. The summed E-state index contributed by atoms with van der Waals surface area (Å²) in [7, 11) is 0. The van der Waals surface area contributed by atoms with E-state index in [1.54, 1.807) is 0 Å². The zero-order valence-corrected chi connectivity index (χ0v) is 25.4. The highest BCUT2D eigenvalue weighted by molar-refractivity contribution is 9.10. The van der Waals surface area contributed by atoms with E-state index in [0.29, 0.717) is 6.04 Å². The van der Waals surface area contributed by atoms with Crippen LogP contribution in [0.2, 0.25) is 0 Å². The molecule has 2 aliphatic rings. The highest BCUT2D eigenvalue weighted by Crippen LogP contribution is 2.40. The molecule has 204 valence electrons. The molecular weight excluding hydrogens is 550 g/mol. The van der Waals surface area contributed by atoms with Crippen molar-refractivity contribution in [2.45, 2.75) is 71.4 Å². The number of imidazole rings is 1. The van der Waals surface area contributed by atoms with Crippen molar-refractivity contribution in [3.8, 4) is 0 Å². The highest BCUT2D eigenvalue weighted by Gasteiger charge is 2.36. The van der Waals surface area contributed by atoms with Crippen molar-refractivity contribution >= 4 is 50.2 Å². The van der Waals surface area contributed by atoms with Gasteiger partial charge in [-0.2, -0.15) is 9.97 Å². The van der Waals surface area contributed by atoms with Crippen LogP contribution in [0.5, 0.6) is 0 Å². The number of hydrogen-bond acceptors (Lipinski definition) is 6. The van der Waals surface area contributed by atoms with Crippen molar-refractivity contribution in [3.63, 3.8) is 0 Å². The largest absolute Gasteiger partial charge is 0.363 e. The number of aromatic nitrogens is 4. The molecule has 0 radical (unpaired) electrons. The number of hydrogen-bond donors (Lipinski definition) is 1. The lowest BCUT2D eigenvalue weighted by atomic mass is 9.86. The van der Waals surface area contributed by atoms with Gasteiger partial charge in [-0.3, -0.25) is 0 Å². The topological polar surface area (TPSA) is 62.1 Å². The van der Waals surface area contributed by atoms with E-state index in [-0.39, 0.29) is 11.0 Å². The van der Waals surface area contributed by atoms with Crippen molar-refractivity contribution < 1.29 is 0 Å². The lowest BCUT2D eigenvalue weighted by molar-refractivity contribution is 0.412. The van der Waals surface area contributed by atoms with Crippen molar-refractivity contribution in [1.29, 1.82) is 0 Å². The van der Waals surface area contributed by atoms with Crippen LogP contribution in [0.25, 0.3) is 11.2 Å². The molecule has 0 bridgehead atoms. The van der Waals surface area contributed by atoms with Gasteiger partial charge in [-0.25, -0.2) is 4.98 Å². The fourth-order valence-corrected chi connectivity index (χ4v) is 5.83. The van der Waals surface area contributed by atoms with Crippen molar-refractivity contribution in [2.24, 2.45) is 0 Å². The SMILES string of the molecule is Cc1ccc(C(C)(C)C)cc1Nc1nc(N2CCN(c3ccc(Br)cc3)C(C)(C)C2)nc2ncn(C3CC3)c12. The fourth-order valence-electron chi connectivity index (χ4n) is 5.57. The predicted molar refractivity (Wildman–Crippen MR) is 165 cm³/mol. The van der Waals surface area contributed by atoms with Crippen LogP contribution < -0.4 is 15.1 Å². The van der Waals surface area contributed by atoms with Gasteiger partial charge in [0.1, 0.15) is 5.52 Å². The molecule has 39 heavy (non-hydrogen) atoms. The quantitative estimate of drug-likeness (QED) is 0.263. The van der Waals surface area contributed by atoms with Crippen LogP contribution in [0.4, 0.5) is 23.1 Å². The van der Waals surface area contributed by atoms with E-state index in [0.717, 1.165) is 52.7 Å². The Labute approximate surface area is 239 Å². The van der Waals surface area contributed by atoms with E-state index in [1.165, 1.54) is 29.7 Å². The number of nitrogens with one attached hydrogen (secondary N) is 1. The Kier molecular flexibility index (Phi) is 6.36. The monoisotopic (exact) mass is 587 g/mol. The maximum absolute atomic E-state index is 5.19. The van der Waals surface area contributed by atoms with Crippen LogP contribution in [0.15, 0.2) is 53.3 Å². The molecule has 1 saturated heterocycles.